The van der Waals surface area contributed by atoms with E-state index < -0.39 is 22.7 Å². The van der Waals surface area contributed by atoms with Crippen molar-refractivity contribution >= 4 is 16.6 Å². The van der Waals surface area contributed by atoms with Crippen LogP contribution in [0.4, 0.5) is 18.9 Å². The van der Waals surface area contributed by atoms with E-state index in [-0.39, 0.29) is 22.3 Å². The zero-order valence-corrected chi connectivity index (χ0v) is 16.3. The first-order valence-corrected chi connectivity index (χ1v) is 9.97. The predicted octanol–water partition coefficient (Wildman–Crippen LogP) is 4.33. The maximum Gasteiger partial charge on any atom is 0.418 e. The number of nitrogens with two attached hydrogens (primary N) is 1. The number of pyridine rings is 2. The number of benzene rings is 1. The summed E-state index contributed by atoms with van der Waals surface area (Å²) in [6, 6.07) is 6.35. The number of nitrogen functional groups attached to an aromatic ring is 1. The molecule has 158 valence electrons. The van der Waals surface area contributed by atoms with Crippen LogP contribution in [0, 0.1) is 5.92 Å². The van der Waals surface area contributed by atoms with Crippen molar-refractivity contribution in [2.75, 3.05) is 5.73 Å². The molecule has 0 spiro atoms. The SMILES string of the molecule is Nc1ccc(-n2ccc(=O)c3c(=O)n(CC4CCCCC4)ccc32)cc1C(F)(F)F. The van der Waals surface area contributed by atoms with Crippen LogP contribution in [-0.2, 0) is 12.7 Å². The molecule has 2 N–H and O–H groups in total. The number of nitrogens with zero attached hydrogens (tertiary/aromatic N) is 2. The first kappa shape index (κ1) is 20.3. The lowest BCUT2D eigenvalue weighted by molar-refractivity contribution is -0.136. The van der Waals surface area contributed by atoms with Gasteiger partial charge in [0, 0.05) is 36.4 Å². The topological polar surface area (TPSA) is 70.0 Å². The Kier molecular flexibility index (Phi) is 5.17. The minimum absolute atomic E-state index is 0.0267. The highest BCUT2D eigenvalue weighted by Crippen LogP contribution is 2.35. The van der Waals surface area contributed by atoms with Gasteiger partial charge in [-0.15, -0.1) is 0 Å². The molecule has 0 atom stereocenters. The summed E-state index contributed by atoms with van der Waals surface area (Å²) >= 11 is 0. The van der Waals surface area contributed by atoms with Gasteiger partial charge >= 0.3 is 6.18 Å². The molecular weight excluding hydrogens is 395 g/mol. The van der Waals surface area contributed by atoms with Gasteiger partial charge in [-0.1, -0.05) is 19.3 Å². The molecule has 1 fully saturated rings. The molecule has 0 saturated heterocycles. The molecule has 0 radical (unpaired) electrons. The molecular formula is C22H22F3N3O2. The van der Waals surface area contributed by atoms with Crippen LogP contribution in [0.5, 0.6) is 0 Å². The average molecular weight is 417 g/mol. The normalized spacial score (nSPS) is 15.6. The Bertz CT molecular complexity index is 1200. The molecule has 2 heterocycles. The Labute approximate surface area is 170 Å². The fraction of sp³-hybridized carbons (Fsp3) is 0.364. The molecule has 30 heavy (non-hydrogen) atoms. The van der Waals surface area contributed by atoms with E-state index in [0.29, 0.717) is 12.5 Å². The molecule has 0 amide bonds. The molecule has 0 bridgehead atoms. The van der Waals surface area contributed by atoms with Crippen molar-refractivity contribution in [3.63, 3.8) is 0 Å². The second-order valence-corrected chi connectivity index (χ2v) is 7.86. The van der Waals surface area contributed by atoms with Crippen molar-refractivity contribution < 1.29 is 13.2 Å². The Morgan fingerprint density at radius 1 is 1.00 bits per heavy atom. The third-order valence-corrected chi connectivity index (χ3v) is 5.82. The number of halogens is 3. The summed E-state index contributed by atoms with van der Waals surface area (Å²) in [7, 11) is 0. The standard InChI is InChI=1S/C22H22F3N3O2/c23-22(24,25)16-12-15(6-7-17(16)26)28-11-9-19(29)20-18(28)8-10-27(21(20)30)13-14-4-2-1-3-5-14/h6-12,14H,1-5,13,26H2. The molecule has 0 unspecified atom stereocenters. The quantitative estimate of drug-likeness (QED) is 0.645. The predicted molar refractivity (Wildman–Crippen MR) is 110 cm³/mol. The molecule has 1 saturated carbocycles. The lowest BCUT2D eigenvalue weighted by Crippen LogP contribution is -2.28. The number of rotatable bonds is 3. The highest BCUT2D eigenvalue weighted by Gasteiger charge is 2.33. The van der Waals surface area contributed by atoms with Crippen molar-refractivity contribution in [3.8, 4) is 5.69 Å². The van der Waals surface area contributed by atoms with E-state index in [1.807, 2.05) is 0 Å². The average Bonchev–Trinajstić information content (AvgIpc) is 2.71. The van der Waals surface area contributed by atoms with Crippen LogP contribution in [0.2, 0.25) is 0 Å². The van der Waals surface area contributed by atoms with Crippen LogP contribution >= 0.6 is 0 Å². The summed E-state index contributed by atoms with van der Waals surface area (Å²) < 4.78 is 42.8. The van der Waals surface area contributed by atoms with Crippen molar-refractivity contribution in [1.29, 1.82) is 0 Å². The smallest absolute Gasteiger partial charge is 0.398 e. The second kappa shape index (κ2) is 7.66. The number of anilines is 1. The molecule has 1 aromatic carbocycles. The summed E-state index contributed by atoms with van der Waals surface area (Å²) in [6.07, 6.45) is 3.97. The van der Waals surface area contributed by atoms with Gasteiger partial charge in [0.1, 0.15) is 5.39 Å². The molecule has 5 nitrogen and oxygen atoms in total. The van der Waals surface area contributed by atoms with Gasteiger partial charge in [-0.25, -0.2) is 0 Å². The van der Waals surface area contributed by atoms with Crippen LogP contribution in [0.25, 0.3) is 16.6 Å². The largest absolute Gasteiger partial charge is 0.418 e. The van der Waals surface area contributed by atoms with Gasteiger partial charge in [-0.2, -0.15) is 13.2 Å². The fourth-order valence-electron chi connectivity index (χ4n) is 4.26. The van der Waals surface area contributed by atoms with E-state index in [9.17, 15) is 22.8 Å². The van der Waals surface area contributed by atoms with Gasteiger partial charge in [0.2, 0.25) is 0 Å². The number of alkyl halides is 3. The van der Waals surface area contributed by atoms with Gasteiger partial charge in [-0.3, -0.25) is 9.59 Å². The molecule has 3 aromatic rings. The third-order valence-electron chi connectivity index (χ3n) is 5.82. The van der Waals surface area contributed by atoms with Crippen molar-refractivity contribution in [2.45, 2.75) is 44.8 Å². The van der Waals surface area contributed by atoms with Gasteiger partial charge in [-0.05, 0) is 43.0 Å². The minimum atomic E-state index is -4.61. The van der Waals surface area contributed by atoms with E-state index in [4.69, 9.17) is 5.73 Å². The first-order valence-electron chi connectivity index (χ1n) is 9.97. The highest BCUT2D eigenvalue weighted by molar-refractivity contribution is 5.79. The van der Waals surface area contributed by atoms with Crippen LogP contribution in [-0.4, -0.2) is 9.13 Å². The third kappa shape index (κ3) is 3.74. The number of hydrogen-bond donors (Lipinski definition) is 1. The summed E-state index contributed by atoms with van der Waals surface area (Å²) in [4.78, 5) is 25.5. The highest BCUT2D eigenvalue weighted by atomic mass is 19.4. The lowest BCUT2D eigenvalue weighted by Gasteiger charge is -2.22. The number of fused-ring (bicyclic) bond motifs is 1. The minimum Gasteiger partial charge on any atom is -0.398 e. The summed E-state index contributed by atoms with van der Waals surface area (Å²) in [6.45, 7) is 0.545. The van der Waals surface area contributed by atoms with E-state index in [0.717, 1.165) is 31.7 Å². The zero-order valence-electron chi connectivity index (χ0n) is 16.3. The van der Waals surface area contributed by atoms with Gasteiger partial charge in [0.05, 0.1) is 11.1 Å². The monoisotopic (exact) mass is 417 g/mol. The van der Waals surface area contributed by atoms with Gasteiger partial charge < -0.3 is 14.9 Å². The lowest BCUT2D eigenvalue weighted by atomic mass is 9.89. The van der Waals surface area contributed by atoms with E-state index in [2.05, 4.69) is 0 Å². The number of hydrogen-bond acceptors (Lipinski definition) is 3. The molecule has 1 aliphatic rings. The maximum absolute atomic E-state index is 13.3. The molecule has 8 heteroatoms. The first-order chi connectivity index (χ1) is 14.3. The van der Waals surface area contributed by atoms with Crippen LogP contribution in [0.3, 0.4) is 0 Å². The molecule has 0 aliphatic heterocycles. The van der Waals surface area contributed by atoms with E-state index in [1.54, 1.807) is 16.8 Å². The van der Waals surface area contributed by atoms with Gasteiger partial charge in [0.15, 0.2) is 5.43 Å². The molecule has 4 rings (SSSR count). The van der Waals surface area contributed by atoms with E-state index in [1.165, 1.54) is 35.4 Å². The Morgan fingerprint density at radius 3 is 2.43 bits per heavy atom. The van der Waals surface area contributed by atoms with Crippen molar-refractivity contribution in [2.24, 2.45) is 5.92 Å². The van der Waals surface area contributed by atoms with Crippen LogP contribution in [0.1, 0.15) is 37.7 Å². The summed E-state index contributed by atoms with van der Waals surface area (Å²) in [5.41, 5.74) is 3.73. The molecule has 1 aliphatic carbocycles. The van der Waals surface area contributed by atoms with Crippen molar-refractivity contribution in [3.05, 3.63) is 68.9 Å². The summed E-state index contributed by atoms with van der Waals surface area (Å²) in [5.74, 6) is 0.395. The van der Waals surface area contributed by atoms with E-state index >= 15 is 0 Å². The second-order valence-electron chi connectivity index (χ2n) is 7.86. The molecule has 2 aromatic heterocycles. The van der Waals surface area contributed by atoms with Crippen LogP contribution < -0.4 is 16.7 Å². The maximum atomic E-state index is 13.3. The Balaban J connectivity index is 1.83. The fourth-order valence-corrected chi connectivity index (χ4v) is 4.26. The Hall–Kier alpha value is -3.03. The summed E-state index contributed by atoms with van der Waals surface area (Å²) in [5, 5.41) is -0.0267. The zero-order chi connectivity index (χ0) is 21.5. The van der Waals surface area contributed by atoms with Gasteiger partial charge in [0.25, 0.3) is 5.56 Å². The Morgan fingerprint density at radius 2 is 1.73 bits per heavy atom. The number of aromatic nitrogens is 2. The van der Waals surface area contributed by atoms with Crippen molar-refractivity contribution in [1.82, 2.24) is 9.13 Å². The van der Waals surface area contributed by atoms with Crippen LogP contribution in [0.15, 0.2) is 52.3 Å².